The smallest absolute Gasteiger partial charge is 0.323 e. The summed E-state index contributed by atoms with van der Waals surface area (Å²) in [6.07, 6.45) is 2.08. The summed E-state index contributed by atoms with van der Waals surface area (Å²) in [6, 6.07) is -0.0185. The predicted octanol–water partition coefficient (Wildman–Crippen LogP) is 1.53. The molecule has 0 saturated carbocycles. The average molecular weight is 199 g/mol. The lowest BCUT2D eigenvalue weighted by atomic mass is 9.85. The zero-order chi connectivity index (χ0) is 10.7. The van der Waals surface area contributed by atoms with Gasteiger partial charge in [0.15, 0.2) is 0 Å². The molecule has 0 aromatic carbocycles. The van der Waals surface area contributed by atoms with Gasteiger partial charge in [-0.2, -0.15) is 0 Å². The monoisotopic (exact) mass is 199 g/mol. The first-order valence-electron chi connectivity index (χ1n) is 5.34. The number of carbonyl (C=O) groups excluding carboxylic acids is 1. The molecule has 0 N–H and O–H groups in total. The molecule has 0 spiro atoms. The number of hydrogen-bond acceptors (Lipinski definition) is 3. The van der Waals surface area contributed by atoms with E-state index in [1.807, 2.05) is 7.05 Å². The molecule has 0 amide bonds. The summed E-state index contributed by atoms with van der Waals surface area (Å²) in [7, 11) is 3.47. The van der Waals surface area contributed by atoms with Crippen LogP contribution < -0.4 is 0 Å². The van der Waals surface area contributed by atoms with Gasteiger partial charge in [0.05, 0.1) is 7.11 Å². The summed E-state index contributed by atoms with van der Waals surface area (Å²) < 4.78 is 4.78. The molecule has 1 aliphatic heterocycles. The van der Waals surface area contributed by atoms with Crippen molar-refractivity contribution in [2.75, 3.05) is 20.7 Å². The highest BCUT2D eigenvalue weighted by Gasteiger charge is 2.32. The van der Waals surface area contributed by atoms with Crippen molar-refractivity contribution < 1.29 is 9.53 Å². The molecule has 1 heterocycles. The Morgan fingerprint density at radius 2 is 2.07 bits per heavy atom. The molecule has 1 rings (SSSR count). The van der Waals surface area contributed by atoms with E-state index in [9.17, 15) is 4.79 Å². The van der Waals surface area contributed by atoms with E-state index < -0.39 is 0 Å². The van der Waals surface area contributed by atoms with Gasteiger partial charge in [-0.05, 0) is 31.7 Å². The minimum Gasteiger partial charge on any atom is -0.468 e. The summed E-state index contributed by atoms with van der Waals surface area (Å²) in [6.45, 7) is 5.51. The first kappa shape index (κ1) is 11.5. The normalized spacial score (nSPS) is 29.2. The molecule has 0 bridgehead atoms. The fraction of sp³-hybridized carbons (Fsp3) is 0.909. The molecule has 2 atom stereocenters. The van der Waals surface area contributed by atoms with Crippen LogP contribution in [0.5, 0.6) is 0 Å². The van der Waals surface area contributed by atoms with Crippen LogP contribution >= 0.6 is 0 Å². The van der Waals surface area contributed by atoms with E-state index in [-0.39, 0.29) is 12.0 Å². The van der Waals surface area contributed by atoms with Gasteiger partial charge in [-0.25, -0.2) is 0 Å². The fourth-order valence-corrected chi connectivity index (χ4v) is 2.16. The molecule has 1 saturated heterocycles. The van der Waals surface area contributed by atoms with Crippen LogP contribution in [-0.4, -0.2) is 37.6 Å². The molecule has 0 aromatic heterocycles. The standard InChI is InChI=1S/C11H21NO2/c1-8(2)9-5-6-10(11(13)14-4)12(3)7-9/h8-10H,5-7H2,1-4H3. The van der Waals surface area contributed by atoms with Gasteiger partial charge in [-0.1, -0.05) is 13.8 Å². The number of nitrogens with zero attached hydrogens (tertiary/aromatic N) is 1. The molecule has 1 aliphatic rings. The van der Waals surface area contributed by atoms with Gasteiger partial charge in [-0.3, -0.25) is 9.69 Å². The average Bonchev–Trinajstić information content (AvgIpc) is 2.16. The lowest BCUT2D eigenvalue weighted by Gasteiger charge is -2.37. The van der Waals surface area contributed by atoms with E-state index in [4.69, 9.17) is 4.74 Å². The van der Waals surface area contributed by atoms with Gasteiger partial charge in [0.1, 0.15) is 6.04 Å². The minimum atomic E-state index is -0.0882. The van der Waals surface area contributed by atoms with E-state index in [1.165, 1.54) is 7.11 Å². The molecule has 82 valence electrons. The SMILES string of the molecule is COC(=O)C1CCC(C(C)C)CN1C. The molecular formula is C11H21NO2. The number of piperidine rings is 1. The van der Waals surface area contributed by atoms with Crippen LogP contribution in [0.1, 0.15) is 26.7 Å². The van der Waals surface area contributed by atoms with Crippen molar-refractivity contribution in [3.05, 3.63) is 0 Å². The Morgan fingerprint density at radius 3 is 2.50 bits per heavy atom. The Kier molecular flexibility index (Phi) is 3.93. The van der Waals surface area contributed by atoms with Gasteiger partial charge < -0.3 is 4.74 Å². The van der Waals surface area contributed by atoms with Crippen molar-refractivity contribution in [2.24, 2.45) is 11.8 Å². The lowest BCUT2D eigenvalue weighted by molar-refractivity contribution is -0.148. The van der Waals surface area contributed by atoms with E-state index in [0.29, 0.717) is 5.92 Å². The zero-order valence-corrected chi connectivity index (χ0v) is 9.62. The molecule has 0 aliphatic carbocycles. The molecule has 3 nitrogen and oxygen atoms in total. The number of esters is 1. The van der Waals surface area contributed by atoms with Crippen LogP contribution in [-0.2, 0) is 9.53 Å². The Labute approximate surface area is 86.4 Å². The number of rotatable bonds is 2. The molecule has 0 aromatic rings. The Hall–Kier alpha value is -0.570. The topological polar surface area (TPSA) is 29.5 Å². The molecule has 14 heavy (non-hydrogen) atoms. The van der Waals surface area contributed by atoms with E-state index in [0.717, 1.165) is 25.3 Å². The minimum absolute atomic E-state index is 0.0185. The van der Waals surface area contributed by atoms with Crippen molar-refractivity contribution in [2.45, 2.75) is 32.7 Å². The third-order valence-corrected chi connectivity index (χ3v) is 3.28. The third kappa shape index (κ3) is 2.47. The zero-order valence-electron chi connectivity index (χ0n) is 9.62. The van der Waals surface area contributed by atoms with Crippen molar-refractivity contribution >= 4 is 5.97 Å². The van der Waals surface area contributed by atoms with Gasteiger partial charge in [0.2, 0.25) is 0 Å². The highest BCUT2D eigenvalue weighted by atomic mass is 16.5. The number of hydrogen-bond donors (Lipinski definition) is 0. The van der Waals surface area contributed by atoms with Crippen molar-refractivity contribution in [1.29, 1.82) is 0 Å². The number of methoxy groups -OCH3 is 1. The van der Waals surface area contributed by atoms with Crippen LogP contribution in [0.25, 0.3) is 0 Å². The Bertz CT molecular complexity index is 203. The van der Waals surface area contributed by atoms with Gasteiger partial charge >= 0.3 is 5.97 Å². The highest BCUT2D eigenvalue weighted by molar-refractivity contribution is 5.75. The molecule has 3 heteroatoms. The summed E-state index contributed by atoms with van der Waals surface area (Å²) >= 11 is 0. The highest BCUT2D eigenvalue weighted by Crippen LogP contribution is 2.26. The number of ether oxygens (including phenoxy) is 1. The summed E-state index contributed by atoms with van der Waals surface area (Å²) in [5.41, 5.74) is 0. The number of likely N-dealkylation sites (tertiary alicyclic amines) is 1. The second-order valence-corrected chi connectivity index (χ2v) is 4.56. The van der Waals surface area contributed by atoms with E-state index in [1.54, 1.807) is 0 Å². The largest absolute Gasteiger partial charge is 0.468 e. The van der Waals surface area contributed by atoms with Gasteiger partial charge in [-0.15, -0.1) is 0 Å². The van der Waals surface area contributed by atoms with E-state index >= 15 is 0 Å². The maximum Gasteiger partial charge on any atom is 0.323 e. The van der Waals surface area contributed by atoms with Crippen molar-refractivity contribution in [3.63, 3.8) is 0 Å². The molecule has 1 fully saturated rings. The van der Waals surface area contributed by atoms with Gasteiger partial charge in [0, 0.05) is 6.54 Å². The second-order valence-electron chi connectivity index (χ2n) is 4.56. The number of likely N-dealkylation sites (N-methyl/N-ethyl adjacent to an activating group) is 1. The van der Waals surface area contributed by atoms with E-state index in [2.05, 4.69) is 18.7 Å². The third-order valence-electron chi connectivity index (χ3n) is 3.28. The molecule has 0 radical (unpaired) electrons. The molecular weight excluding hydrogens is 178 g/mol. The maximum absolute atomic E-state index is 11.4. The first-order chi connectivity index (χ1) is 6.56. The van der Waals surface area contributed by atoms with Crippen LogP contribution in [0.4, 0.5) is 0 Å². The second kappa shape index (κ2) is 4.78. The Balaban J connectivity index is 2.51. The summed E-state index contributed by atoms with van der Waals surface area (Å²) in [5, 5.41) is 0. The number of carbonyl (C=O) groups is 1. The maximum atomic E-state index is 11.4. The first-order valence-corrected chi connectivity index (χ1v) is 5.34. The quantitative estimate of drug-likeness (QED) is 0.632. The van der Waals surface area contributed by atoms with Crippen LogP contribution in [0.2, 0.25) is 0 Å². The summed E-state index contributed by atoms with van der Waals surface area (Å²) in [5.74, 6) is 1.34. The van der Waals surface area contributed by atoms with Crippen molar-refractivity contribution in [1.82, 2.24) is 4.90 Å². The Morgan fingerprint density at radius 1 is 1.43 bits per heavy atom. The molecule has 2 unspecified atom stereocenters. The fourth-order valence-electron chi connectivity index (χ4n) is 2.16. The van der Waals surface area contributed by atoms with Gasteiger partial charge in [0.25, 0.3) is 0 Å². The summed E-state index contributed by atoms with van der Waals surface area (Å²) in [4.78, 5) is 13.5. The lowest BCUT2D eigenvalue weighted by Crippen LogP contribution is -2.46. The van der Waals surface area contributed by atoms with Crippen LogP contribution in [0.15, 0.2) is 0 Å². The predicted molar refractivity (Wildman–Crippen MR) is 56.0 cm³/mol. The van der Waals surface area contributed by atoms with Crippen LogP contribution in [0.3, 0.4) is 0 Å². The van der Waals surface area contributed by atoms with Crippen molar-refractivity contribution in [3.8, 4) is 0 Å². The van der Waals surface area contributed by atoms with Crippen LogP contribution in [0, 0.1) is 11.8 Å².